The molecule has 33 heavy (non-hydrogen) atoms. The average Bonchev–Trinajstić information content (AvgIpc) is 3.48. The van der Waals surface area contributed by atoms with Gasteiger partial charge in [0.25, 0.3) is 5.91 Å². The molecular weight excluding hydrogens is 414 g/mol. The van der Waals surface area contributed by atoms with Gasteiger partial charge in [0.2, 0.25) is 0 Å². The standard InChI is InChI=1S/C27H31N3O3/c1-17(2)25-23(16-30(29-25)13-7-10-19-8-5-4-6-9-19)26(31)28-24-14-20(12-11-18(24)3)21-15-22(21)27(32)33/h4-6,8-9,11-12,14,16-17,21-22H,7,10,13,15H2,1-3H3,(H,28,31)(H,32,33)/t21-,22-/m1/s1. The van der Waals surface area contributed by atoms with Gasteiger partial charge in [-0.05, 0) is 60.8 Å². The number of nitrogens with one attached hydrogen (secondary N) is 1. The Morgan fingerprint density at radius 3 is 2.61 bits per heavy atom. The van der Waals surface area contributed by atoms with Gasteiger partial charge in [0, 0.05) is 18.4 Å². The van der Waals surface area contributed by atoms with E-state index in [4.69, 9.17) is 5.10 Å². The third-order valence-electron chi connectivity index (χ3n) is 6.32. The molecule has 1 fully saturated rings. The van der Waals surface area contributed by atoms with Crippen LogP contribution in [0.25, 0.3) is 0 Å². The first-order chi connectivity index (χ1) is 15.8. The van der Waals surface area contributed by atoms with Crippen LogP contribution in [0.2, 0.25) is 0 Å². The molecule has 1 aromatic heterocycles. The van der Waals surface area contributed by atoms with Crippen molar-refractivity contribution in [2.24, 2.45) is 5.92 Å². The van der Waals surface area contributed by atoms with Gasteiger partial charge in [-0.1, -0.05) is 56.3 Å². The molecular formula is C27H31N3O3. The summed E-state index contributed by atoms with van der Waals surface area (Å²) in [6.45, 7) is 6.77. The van der Waals surface area contributed by atoms with E-state index < -0.39 is 5.97 Å². The summed E-state index contributed by atoms with van der Waals surface area (Å²) in [5.74, 6) is -1.11. The normalized spacial score (nSPS) is 17.2. The molecule has 2 N–H and O–H groups in total. The SMILES string of the molecule is Cc1ccc([C@H]2C[C@H]2C(=O)O)cc1NC(=O)c1cn(CCCc2ccccc2)nc1C(C)C. The van der Waals surface area contributed by atoms with Crippen LogP contribution in [-0.2, 0) is 17.8 Å². The minimum Gasteiger partial charge on any atom is -0.481 e. The molecule has 0 bridgehead atoms. The number of anilines is 1. The molecule has 0 unspecified atom stereocenters. The second-order valence-corrected chi connectivity index (χ2v) is 9.25. The van der Waals surface area contributed by atoms with Crippen molar-refractivity contribution >= 4 is 17.6 Å². The van der Waals surface area contributed by atoms with Gasteiger partial charge in [-0.3, -0.25) is 14.3 Å². The van der Waals surface area contributed by atoms with Crippen LogP contribution in [0.15, 0.2) is 54.7 Å². The van der Waals surface area contributed by atoms with E-state index in [0.29, 0.717) is 12.0 Å². The van der Waals surface area contributed by atoms with Crippen molar-refractivity contribution in [2.75, 3.05) is 5.32 Å². The van der Waals surface area contributed by atoms with Crippen molar-refractivity contribution in [1.82, 2.24) is 9.78 Å². The van der Waals surface area contributed by atoms with Crippen molar-refractivity contribution in [2.45, 2.75) is 58.4 Å². The monoisotopic (exact) mass is 445 g/mol. The van der Waals surface area contributed by atoms with E-state index in [1.54, 1.807) is 0 Å². The summed E-state index contributed by atoms with van der Waals surface area (Å²) in [6, 6.07) is 16.2. The number of amides is 1. The van der Waals surface area contributed by atoms with Crippen molar-refractivity contribution in [3.63, 3.8) is 0 Å². The highest BCUT2D eigenvalue weighted by Crippen LogP contribution is 2.48. The maximum Gasteiger partial charge on any atom is 0.307 e. The first-order valence-corrected chi connectivity index (χ1v) is 11.6. The van der Waals surface area contributed by atoms with Gasteiger partial charge in [0.1, 0.15) is 0 Å². The summed E-state index contributed by atoms with van der Waals surface area (Å²) < 4.78 is 1.87. The van der Waals surface area contributed by atoms with Crippen LogP contribution in [0.1, 0.15) is 71.3 Å². The average molecular weight is 446 g/mol. The van der Waals surface area contributed by atoms with Crippen LogP contribution in [0.5, 0.6) is 0 Å². The van der Waals surface area contributed by atoms with Gasteiger partial charge in [0.05, 0.1) is 17.2 Å². The van der Waals surface area contributed by atoms with Crippen LogP contribution in [0.3, 0.4) is 0 Å². The lowest BCUT2D eigenvalue weighted by atomic mass is 10.0. The van der Waals surface area contributed by atoms with E-state index in [-0.39, 0.29) is 23.7 Å². The van der Waals surface area contributed by atoms with Crippen LogP contribution in [0.4, 0.5) is 5.69 Å². The Morgan fingerprint density at radius 2 is 1.94 bits per heavy atom. The Balaban J connectivity index is 1.47. The van der Waals surface area contributed by atoms with Gasteiger partial charge in [0.15, 0.2) is 0 Å². The lowest BCUT2D eigenvalue weighted by Gasteiger charge is -2.11. The second-order valence-electron chi connectivity index (χ2n) is 9.25. The Kier molecular flexibility index (Phi) is 6.63. The van der Waals surface area contributed by atoms with Gasteiger partial charge < -0.3 is 10.4 Å². The molecule has 6 heteroatoms. The Hall–Kier alpha value is -3.41. The molecule has 172 valence electrons. The number of aryl methyl sites for hydroxylation is 3. The number of rotatable bonds is 9. The third-order valence-corrected chi connectivity index (χ3v) is 6.32. The van der Waals surface area contributed by atoms with Crippen LogP contribution < -0.4 is 5.32 Å². The molecule has 4 rings (SSSR count). The topological polar surface area (TPSA) is 84.2 Å². The predicted octanol–water partition coefficient (Wildman–Crippen LogP) is 5.39. The molecule has 1 saturated carbocycles. The van der Waals surface area contributed by atoms with Crippen molar-refractivity contribution in [3.8, 4) is 0 Å². The number of aromatic nitrogens is 2. The zero-order valence-electron chi connectivity index (χ0n) is 19.4. The summed E-state index contributed by atoms with van der Waals surface area (Å²) in [6.07, 6.45) is 4.40. The van der Waals surface area contributed by atoms with Crippen LogP contribution in [0, 0.1) is 12.8 Å². The fourth-order valence-electron chi connectivity index (χ4n) is 4.27. The molecule has 0 radical (unpaired) electrons. The first-order valence-electron chi connectivity index (χ1n) is 11.6. The molecule has 1 aliphatic rings. The third kappa shape index (κ3) is 5.33. The predicted molar refractivity (Wildman–Crippen MR) is 129 cm³/mol. The lowest BCUT2D eigenvalue weighted by Crippen LogP contribution is -2.15. The van der Waals surface area contributed by atoms with Gasteiger partial charge in [-0.2, -0.15) is 5.10 Å². The van der Waals surface area contributed by atoms with E-state index >= 15 is 0 Å². The van der Waals surface area contributed by atoms with Crippen molar-refractivity contribution in [1.29, 1.82) is 0 Å². The highest BCUT2D eigenvalue weighted by atomic mass is 16.4. The molecule has 2 aromatic carbocycles. The number of benzene rings is 2. The van der Waals surface area contributed by atoms with Crippen LogP contribution in [-0.4, -0.2) is 26.8 Å². The fraction of sp³-hybridized carbons (Fsp3) is 0.370. The number of nitrogens with zero attached hydrogens (tertiary/aromatic N) is 2. The smallest absolute Gasteiger partial charge is 0.307 e. The minimum absolute atomic E-state index is 0.0253. The Morgan fingerprint density at radius 1 is 1.18 bits per heavy atom. The van der Waals surface area contributed by atoms with Crippen molar-refractivity contribution in [3.05, 3.63) is 82.7 Å². The van der Waals surface area contributed by atoms with Gasteiger partial charge >= 0.3 is 5.97 Å². The zero-order valence-corrected chi connectivity index (χ0v) is 19.4. The molecule has 2 atom stereocenters. The molecule has 6 nitrogen and oxygen atoms in total. The molecule has 0 spiro atoms. The van der Waals surface area contributed by atoms with Crippen molar-refractivity contribution < 1.29 is 14.7 Å². The summed E-state index contributed by atoms with van der Waals surface area (Å²) in [7, 11) is 0. The number of aliphatic carboxylic acids is 1. The highest BCUT2D eigenvalue weighted by molar-refractivity contribution is 6.05. The number of carbonyl (C=O) groups excluding carboxylic acids is 1. The molecule has 0 aliphatic heterocycles. The first kappa shape index (κ1) is 22.8. The molecule has 1 heterocycles. The van der Waals surface area contributed by atoms with E-state index in [0.717, 1.165) is 41.9 Å². The largest absolute Gasteiger partial charge is 0.481 e. The van der Waals surface area contributed by atoms with Gasteiger partial charge in [-0.15, -0.1) is 0 Å². The van der Waals surface area contributed by atoms with E-state index in [1.807, 2.05) is 68.0 Å². The summed E-state index contributed by atoms with van der Waals surface area (Å²) >= 11 is 0. The number of hydrogen-bond acceptors (Lipinski definition) is 3. The van der Waals surface area contributed by atoms with E-state index in [1.165, 1.54) is 5.56 Å². The van der Waals surface area contributed by atoms with Gasteiger partial charge in [-0.25, -0.2) is 0 Å². The number of carbonyl (C=O) groups is 2. The van der Waals surface area contributed by atoms with E-state index in [2.05, 4.69) is 17.4 Å². The molecule has 1 aliphatic carbocycles. The van der Waals surface area contributed by atoms with Crippen LogP contribution >= 0.6 is 0 Å². The Labute approximate surface area is 194 Å². The summed E-state index contributed by atoms with van der Waals surface area (Å²) in [5.41, 5.74) is 5.30. The summed E-state index contributed by atoms with van der Waals surface area (Å²) in [5, 5.41) is 17.0. The number of carboxylic acid groups (broad SMARTS) is 1. The molecule has 0 saturated heterocycles. The molecule has 3 aromatic rings. The molecule has 1 amide bonds. The quantitative estimate of drug-likeness (QED) is 0.463. The maximum absolute atomic E-state index is 13.2. The fourth-order valence-corrected chi connectivity index (χ4v) is 4.27. The maximum atomic E-state index is 13.2. The number of carboxylic acids is 1. The highest BCUT2D eigenvalue weighted by Gasteiger charge is 2.44. The zero-order chi connectivity index (χ0) is 23.5. The number of hydrogen-bond donors (Lipinski definition) is 2. The minimum atomic E-state index is -0.757. The second kappa shape index (κ2) is 9.61. The van der Waals surface area contributed by atoms with E-state index in [9.17, 15) is 14.7 Å². The summed E-state index contributed by atoms with van der Waals surface area (Å²) in [4.78, 5) is 24.5. The lowest BCUT2D eigenvalue weighted by molar-refractivity contribution is -0.138. The Bertz CT molecular complexity index is 1150.